The monoisotopic (exact) mass is 296 g/mol. The zero-order chi connectivity index (χ0) is 14.9. The Morgan fingerprint density at radius 1 is 1.50 bits per heavy atom. The second kappa shape index (κ2) is 5.70. The minimum Gasteiger partial charge on any atom is -0.505 e. The number of rotatable bonds is 3. The SMILES string of the molecule is CC(C)C1SCC(C(=O)O)N1C(=O)c1ncccc1O. The lowest BCUT2D eigenvalue weighted by Gasteiger charge is -2.29. The average molecular weight is 296 g/mol. The maximum absolute atomic E-state index is 12.5. The quantitative estimate of drug-likeness (QED) is 0.876. The van der Waals surface area contributed by atoms with Gasteiger partial charge in [0.2, 0.25) is 0 Å². The van der Waals surface area contributed by atoms with Crippen LogP contribution in [0, 0.1) is 5.92 Å². The second-order valence-electron chi connectivity index (χ2n) is 4.91. The van der Waals surface area contributed by atoms with Crippen LogP contribution in [0.15, 0.2) is 18.3 Å². The Kier molecular flexibility index (Phi) is 4.17. The van der Waals surface area contributed by atoms with Crippen molar-refractivity contribution in [2.75, 3.05) is 5.75 Å². The van der Waals surface area contributed by atoms with Gasteiger partial charge in [0.1, 0.15) is 11.8 Å². The van der Waals surface area contributed by atoms with Gasteiger partial charge in [0.25, 0.3) is 5.91 Å². The highest BCUT2D eigenvalue weighted by Gasteiger charge is 2.44. The Morgan fingerprint density at radius 2 is 2.20 bits per heavy atom. The van der Waals surface area contributed by atoms with Crippen LogP contribution in [0.25, 0.3) is 0 Å². The van der Waals surface area contributed by atoms with E-state index in [2.05, 4.69) is 4.98 Å². The molecule has 6 nitrogen and oxygen atoms in total. The van der Waals surface area contributed by atoms with E-state index in [9.17, 15) is 19.8 Å². The summed E-state index contributed by atoms with van der Waals surface area (Å²) in [7, 11) is 0. The van der Waals surface area contributed by atoms with Gasteiger partial charge in [-0.1, -0.05) is 13.8 Å². The van der Waals surface area contributed by atoms with Gasteiger partial charge in [-0.3, -0.25) is 4.79 Å². The van der Waals surface area contributed by atoms with Gasteiger partial charge in [-0.25, -0.2) is 9.78 Å². The molecule has 2 N–H and O–H groups in total. The molecule has 1 aliphatic heterocycles. The summed E-state index contributed by atoms with van der Waals surface area (Å²) >= 11 is 1.44. The molecule has 2 unspecified atom stereocenters. The van der Waals surface area contributed by atoms with E-state index >= 15 is 0 Å². The lowest BCUT2D eigenvalue weighted by Crippen LogP contribution is -2.47. The van der Waals surface area contributed by atoms with Gasteiger partial charge in [0, 0.05) is 11.9 Å². The number of aromatic nitrogens is 1. The summed E-state index contributed by atoms with van der Waals surface area (Å²) in [6.45, 7) is 3.86. The smallest absolute Gasteiger partial charge is 0.327 e. The third-order valence-electron chi connectivity index (χ3n) is 3.11. The first-order valence-electron chi connectivity index (χ1n) is 6.24. The van der Waals surface area contributed by atoms with Gasteiger partial charge in [-0.2, -0.15) is 0 Å². The molecule has 108 valence electrons. The highest BCUT2D eigenvalue weighted by Crippen LogP contribution is 2.35. The highest BCUT2D eigenvalue weighted by atomic mass is 32.2. The molecular weight excluding hydrogens is 280 g/mol. The van der Waals surface area contributed by atoms with E-state index in [0.717, 1.165) is 0 Å². The third kappa shape index (κ3) is 2.58. The van der Waals surface area contributed by atoms with Gasteiger partial charge >= 0.3 is 5.97 Å². The summed E-state index contributed by atoms with van der Waals surface area (Å²) < 4.78 is 0. The van der Waals surface area contributed by atoms with Crippen LogP contribution in [0.2, 0.25) is 0 Å². The zero-order valence-corrected chi connectivity index (χ0v) is 12.0. The van der Waals surface area contributed by atoms with Gasteiger partial charge < -0.3 is 15.1 Å². The van der Waals surface area contributed by atoms with Crippen LogP contribution < -0.4 is 0 Å². The standard InChI is InChI=1S/C13H16N2O4S/c1-7(2)12-15(8(6-20-12)13(18)19)11(17)10-9(16)4-3-5-14-10/h3-5,7-8,12,16H,6H2,1-2H3,(H,18,19). The van der Waals surface area contributed by atoms with Crippen molar-refractivity contribution in [1.29, 1.82) is 0 Å². The first-order valence-corrected chi connectivity index (χ1v) is 7.29. The summed E-state index contributed by atoms with van der Waals surface area (Å²) in [5.74, 6) is -1.36. The number of carbonyl (C=O) groups excluding carboxylic acids is 1. The molecule has 0 bridgehead atoms. The predicted molar refractivity (Wildman–Crippen MR) is 74.6 cm³/mol. The number of carboxylic acids is 1. The van der Waals surface area contributed by atoms with E-state index in [1.165, 1.54) is 35.0 Å². The number of thioether (sulfide) groups is 1. The fourth-order valence-electron chi connectivity index (χ4n) is 2.17. The van der Waals surface area contributed by atoms with E-state index in [1.807, 2.05) is 13.8 Å². The molecule has 0 radical (unpaired) electrons. The molecule has 0 saturated carbocycles. The fraction of sp³-hybridized carbons (Fsp3) is 0.462. The van der Waals surface area contributed by atoms with Crippen LogP contribution in [0.4, 0.5) is 0 Å². The summed E-state index contributed by atoms with van der Waals surface area (Å²) in [4.78, 5) is 29.0. The summed E-state index contributed by atoms with van der Waals surface area (Å²) in [6, 6.07) is 1.99. The second-order valence-corrected chi connectivity index (χ2v) is 6.06. The molecule has 1 amide bonds. The van der Waals surface area contributed by atoms with Crippen molar-refractivity contribution < 1.29 is 19.8 Å². The zero-order valence-electron chi connectivity index (χ0n) is 11.2. The molecule has 1 aromatic rings. The van der Waals surface area contributed by atoms with Gasteiger partial charge in [-0.05, 0) is 18.1 Å². The van der Waals surface area contributed by atoms with E-state index < -0.39 is 17.9 Å². The van der Waals surface area contributed by atoms with Crippen molar-refractivity contribution in [3.05, 3.63) is 24.0 Å². The van der Waals surface area contributed by atoms with E-state index in [1.54, 1.807) is 0 Å². The topological polar surface area (TPSA) is 90.7 Å². The first-order chi connectivity index (χ1) is 9.43. The Balaban J connectivity index is 2.37. The molecule has 1 fully saturated rings. The maximum atomic E-state index is 12.5. The molecule has 0 aromatic carbocycles. The number of hydrogen-bond donors (Lipinski definition) is 2. The summed E-state index contributed by atoms with van der Waals surface area (Å²) in [5, 5.41) is 18.8. The Hall–Kier alpha value is -1.76. The Morgan fingerprint density at radius 3 is 2.75 bits per heavy atom. The van der Waals surface area contributed by atoms with Crippen LogP contribution >= 0.6 is 11.8 Å². The number of amides is 1. The largest absolute Gasteiger partial charge is 0.505 e. The fourth-order valence-corrected chi connectivity index (χ4v) is 3.64. The normalized spacial score (nSPS) is 22.2. The molecule has 1 saturated heterocycles. The number of carbonyl (C=O) groups is 2. The molecule has 1 aliphatic rings. The lowest BCUT2D eigenvalue weighted by molar-refractivity contribution is -0.141. The third-order valence-corrected chi connectivity index (χ3v) is 4.73. The minimum atomic E-state index is -1.04. The molecule has 2 heterocycles. The Bertz CT molecular complexity index is 535. The predicted octanol–water partition coefficient (Wildman–Crippen LogP) is 1.41. The minimum absolute atomic E-state index is 0.105. The van der Waals surface area contributed by atoms with Gasteiger partial charge in [0.15, 0.2) is 5.69 Å². The highest BCUT2D eigenvalue weighted by molar-refractivity contribution is 8.00. The Labute approximate surface area is 120 Å². The van der Waals surface area contributed by atoms with Crippen LogP contribution in [-0.2, 0) is 4.79 Å². The maximum Gasteiger partial charge on any atom is 0.327 e. The van der Waals surface area contributed by atoms with E-state index in [4.69, 9.17) is 0 Å². The van der Waals surface area contributed by atoms with Crippen LogP contribution in [0.5, 0.6) is 5.75 Å². The van der Waals surface area contributed by atoms with E-state index in [-0.39, 0.29) is 22.7 Å². The molecule has 2 rings (SSSR count). The molecular formula is C13H16N2O4S. The van der Waals surface area contributed by atoms with Crippen molar-refractivity contribution in [3.63, 3.8) is 0 Å². The number of hydrogen-bond acceptors (Lipinski definition) is 5. The van der Waals surface area contributed by atoms with E-state index in [0.29, 0.717) is 5.75 Å². The molecule has 1 aromatic heterocycles. The number of nitrogens with zero attached hydrogens (tertiary/aromatic N) is 2. The molecule has 2 atom stereocenters. The van der Waals surface area contributed by atoms with Crippen LogP contribution in [0.3, 0.4) is 0 Å². The number of aliphatic carboxylic acids is 1. The first kappa shape index (κ1) is 14.6. The number of pyridine rings is 1. The molecule has 0 spiro atoms. The van der Waals surface area contributed by atoms with Crippen molar-refractivity contribution in [3.8, 4) is 5.75 Å². The van der Waals surface area contributed by atoms with Crippen molar-refractivity contribution in [2.24, 2.45) is 5.92 Å². The van der Waals surface area contributed by atoms with Gasteiger partial charge in [-0.15, -0.1) is 11.8 Å². The van der Waals surface area contributed by atoms with Crippen LogP contribution in [-0.4, -0.2) is 49.1 Å². The van der Waals surface area contributed by atoms with Crippen molar-refractivity contribution >= 4 is 23.6 Å². The summed E-state index contributed by atoms with van der Waals surface area (Å²) in [6.07, 6.45) is 1.40. The van der Waals surface area contributed by atoms with Crippen molar-refractivity contribution in [2.45, 2.75) is 25.3 Å². The number of aromatic hydroxyl groups is 1. The molecule has 20 heavy (non-hydrogen) atoms. The van der Waals surface area contributed by atoms with Crippen LogP contribution in [0.1, 0.15) is 24.3 Å². The lowest BCUT2D eigenvalue weighted by atomic mass is 10.1. The molecule has 0 aliphatic carbocycles. The number of carboxylic acid groups (broad SMARTS) is 1. The average Bonchev–Trinajstić information content (AvgIpc) is 2.83. The molecule has 7 heteroatoms. The van der Waals surface area contributed by atoms with Crippen molar-refractivity contribution in [1.82, 2.24) is 9.88 Å². The van der Waals surface area contributed by atoms with Gasteiger partial charge in [0.05, 0.1) is 5.37 Å². The summed E-state index contributed by atoms with van der Waals surface area (Å²) in [5.41, 5.74) is -0.105.